The molecule has 178 valence electrons. The maximum absolute atomic E-state index is 13.4. The van der Waals surface area contributed by atoms with Gasteiger partial charge in [-0.3, -0.25) is 14.0 Å². The zero-order valence-electron chi connectivity index (χ0n) is 19.5. The number of sulfonamides is 1. The van der Waals surface area contributed by atoms with Crippen molar-refractivity contribution < 1.29 is 13.2 Å². The molecule has 3 aromatic rings. The van der Waals surface area contributed by atoms with Gasteiger partial charge in [0.25, 0.3) is 10.0 Å². The lowest BCUT2D eigenvalue weighted by Gasteiger charge is -2.24. The summed E-state index contributed by atoms with van der Waals surface area (Å²) in [4.78, 5) is 15.5. The number of nitrogens with zero attached hydrogens (tertiary/aromatic N) is 2. The third kappa shape index (κ3) is 6.04. The summed E-state index contributed by atoms with van der Waals surface area (Å²) in [6, 6.07) is 23.6. The van der Waals surface area contributed by atoms with Crippen molar-refractivity contribution in [2.75, 3.05) is 23.9 Å². The highest BCUT2D eigenvalue weighted by molar-refractivity contribution is 7.92. The van der Waals surface area contributed by atoms with Crippen LogP contribution in [0.4, 0.5) is 5.69 Å². The van der Waals surface area contributed by atoms with Crippen molar-refractivity contribution in [2.45, 2.75) is 37.8 Å². The topological polar surface area (TPSA) is 69.7 Å². The third-order valence-corrected chi connectivity index (χ3v) is 7.78. The van der Waals surface area contributed by atoms with Gasteiger partial charge in [-0.1, -0.05) is 54.6 Å². The van der Waals surface area contributed by atoms with E-state index in [0.717, 1.165) is 30.8 Å². The number of hydrogen-bond donors (Lipinski definition) is 1. The molecular formula is C27H31N3O3S. The molecule has 1 heterocycles. The summed E-state index contributed by atoms with van der Waals surface area (Å²) in [5, 5.41) is 2.90. The standard InChI is InChI=1S/C27H31N3O3S/c1-22-9-7-12-25(17-22)30(34(32,33)26-13-3-2-4-14-26)21-27(31)28-19-23-10-8-11-24(18-23)20-29-15-5-6-16-29/h2-4,7-14,17-18H,5-6,15-16,19-21H2,1H3,(H,28,31). The summed E-state index contributed by atoms with van der Waals surface area (Å²) < 4.78 is 28.0. The molecule has 1 fully saturated rings. The molecular weight excluding hydrogens is 446 g/mol. The number of carbonyl (C=O) groups excluding carboxylic acids is 1. The fourth-order valence-electron chi connectivity index (χ4n) is 4.24. The van der Waals surface area contributed by atoms with Gasteiger partial charge in [-0.25, -0.2) is 8.42 Å². The second kappa shape index (κ2) is 10.8. The molecule has 34 heavy (non-hydrogen) atoms. The number of benzene rings is 3. The van der Waals surface area contributed by atoms with Crippen molar-refractivity contribution in [3.8, 4) is 0 Å². The SMILES string of the molecule is Cc1cccc(N(CC(=O)NCc2cccc(CN3CCCC3)c2)S(=O)(=O)c2ccccc2)c1. The molecule has 1 N–H and O–H groups in total. The maximum Gasteiger partial charge on any atom is 0.264 e. The van der Waals surface area contributed by atoms with Crippen molar-refractivity contribution in [1.82, 2.24) is 10.2 Å². The summed E-state index contributed by atoms with van der Waals surface area (Å²) >= 11 is 0. The van der Waals surface area contributed by atoms with Crippen LogP contribution in [0.5, 0.6) is 0 Å². The minimum atomic E-state index is -3.90. The van der Waals surface area contributed by atoms with Gasteiger partial charge in [-0.05, 0) is 73.8 Å². The minimum Gasteiger partial charge on any atom is -0.350 e. The fraction of sp³-hybridized carbons (Fsp3) is 0.296. The average molecular weight is 478 g/mol. The number of rotatable bonds is 9. The Morgan fingerprint density at radius 2 is 1.62 bits per heavy atom. The molecule has 1 aliphatic rings. The Hall–Kier alpha value is -3.16. The van der Waals surface area contributed by atoms with E-state index >= 15 is 0 Å². The summed E-state index contributed by atoms with van der Waals surface area (Å²) in [6.45, 7) is 5.12. The molecule has 0 aromatic heterocycles. The molecule has 0 saturated carbocycles. The van der Waals surface area contributed by atoms with Gasteiger partial charge in [0.2, 0.25) is 5.91 Å². The van der Waals surface area contributed by atoms with E-state index in [2.05, 4.69) is 22.3 Å². The van der Waals surface area contributed by atoms with Crippen LogP contribution in [0.15, 0.2) is 83.8 Å². The van der Waals surface area contributed by atoms with Crippen molar-refractivity contribution in [3.05, 3.63) is 95.6 Å². The number of nitrogens with one attached hydrogen (secondary N) is 1. The third-order valence-electron chi connectivity index (χ3n) is 5.99. The molecule has 4 rings (SSSR count). The van der Waals surface area contributed by atoms with Crippen LogP contribution in [-0.2, 0) is 27.9 Å². The molecule has 0 radical (unpaired) electrons. The zero-order chi connectivity index (χ0) is 24.0. The van der Waals surface area contributed by atoms with Crippen molar-refractivity contribution in [3.63, 3.8) is 0 Å². The summed E-state index contributed by atoms with van der Waals surface area (Å²) in [7, 11) is -3.90. The minimum absolute atomic E-state index is 0.152. The zero-order valence-corrected chi connectivity index (χ0v) is 20.3. The largest absolute Gasteiger partial charge is 0.350 e. The molecule has 3 aromatic carbocycles. The summed E-state index contributed by atoms with van der Waals surface area (Å²) in [5.41, 5.74) is 3.60. The summed E-state index contributed by atoms with van der Waals surface area (Å²) in [5.74, 6) is -0.356. The lowest BCUT2D eigenvalue weighted by atomic mass is 10.1. The van der Waals surface area contributed by atoms with Gasteiger partial charge in [0.15, 0.2) is 0 Å². The number of hydrogen-bond acceptors (Lipinski definition) is 4. The van der Waals surface area contributed by atoms with Gasteiger partial charge >= 0.3 is 0 Å². The van der Waals surface area contributed by atoms with Gasteiger partial charge < -0.3 is 5.32 Å². The normalized spacial score (nSPS) is 14.1. The van der Waals surface area contributed by atoms with E-state index in [4.69, 9.17) is 0 Å². The van der Waals surface area contributed by atoms with Crippen LogP contribution in [0.1, 0.15) is 29.5 Å². The summed E-state index contributed by atoms with van der Waals surface area (Å²) in [6.07, 6.45) is 2.50. The first-order valence-corrected chi connectivity index (χ1v) is 13.1. The highest BCUT2D eigenvalue weighted by atomic mass is 32.2. The lowest BCUT2D eigenvalue weighted by Crippen LogP contribution is -2.40. The number of amides is 1. The lowest BCUT2D eigenvalue weighted by molar-refractivity contribution is -0.119. The van der Waals surface area contributed by atoms with Crippen LogP contribution in [-0.4, -0.2) is 38.9 Å². The van der Waals surface area contributed by atoms with Crippen LogP contribution >= 0.6 is 0 Å². The second-order valence-electron chi connectivity index (χ2n) is 8.74. The molecule has 0 atom stereocenters. The molecule has 6 nitrogen and oxygen atoms in total. The first kappa shape index (κ1) is 24.0. The first-order valence-electron chi connectivity index (χ1n) is 11.6. The van der Waals surface area contributed by atoms with Crippen LogP contribution < -0.4 is 9.62 Å². The maximum atomic E-state index is 13.4. The monoisotopic (exact) mass is 477 g/mol. The Kier molecular flexibility index (Phi) is 7.65. The Balaban J connectivity index is 1.47. The van der Waals surface area contributed by atoms with Crippen LogP contribution in [0.2, 0.25) is 0 Å². The average Bonchev–Trinajstić information content (AvgIpc) is 3.35. The second-order valence-corrected chi connectivity index (χ2v) is 10.6. The van der Waals surface area contributed by atoms with Gasteiger partial charge in [0.1, 0.15) is 6.54 Å². The smallest absolute Gasteiger partial charge is 0.264 e. The quantitative estimate of drug-likeness (QED) is 0.504. The van der Waals surface area contributed by atoms with E-state index < -0.39 is 10.0 Å². The predicted molar refractivity (Wildman–Crippen MR) is 135 cm³/mol. The number of carbonyl (C=O) groups is 1. The molecule has 0 spiro atoms. The van der Waals surface area contributed by atoms with E-state index in [1.165, 1.54) is 22.7 Å². The van der Waals surface area contributed by atoms with Gasteiger partial charge in [-0.15, -0.1) is 0 Å². The molecule has 0 aliphatic carbocycles. The Labute approximate surface area is 202 Å². The molecule has 0 unspecified atom stereocenters. The Bertz CT molecular complexity index is 1220. The van der Waals surface area contributed by atoms with Crippen molar-refractivity contribution >= 4 is 21.6 Å². The molecule has 1 saturated heterocycles. The van der Waals surface area contributed by atoms with E-state index in [1.807, 2.05) is 25.1 Å². The van der Waals surface area contributed by atoms with E-state index in [-0.39, 0.29) is 17.3 Å². The fourth-order valence-corrected chi connectivity index (χ4v) is 5.68. The highest BCUT2D eigenvalue weighted by Crippen LogP contribution is 2.24. The van der Waals surface area contributed by atoms with Gasteiger partial charge in [-0.2, -0.15) is 0 Å². The first-order chi connectivity index (χ1) is 16.4. The molecule has 0 bridgehead atoms. The van der Waals surface area contributed by atoms with Crippen molar-refractivity contribution in [2.24, 2.45) is 0 Å². The number of aryl methyl sites for hydroxylation is 1. The van der Waals surface area contributed by atoms with Crippen LogP contribution in [0.3, 0.4) is 0 Å². The van der Waals surface area contributed by atoms with Gasteiger partial charge in [0.05, 0.1) is 10.6 Å². The molecule has 1 amide bonds. The predicted octanol–water partition coefficient (Wildman–Crippen LogP) is 4.10. The van der Waals surface area contributed by atoms with E-state index in [9.17, 15) is 13.2 Å². The van der Waals surface area contributed by atoms with Crippen molar-refractivity contribution in [1.29, 1.82) is 0 Å². The Morgan fingerprint density at radius 1 is 0.912 bits per heavy atom. The Morgan fingerprint density at radius 3 is 2.35 bits per heavy atom. The number of likely N-dealkylation sites (tertiary alicyclic amines) is 1. The van der Waals surface area contributed by atoms with E-state index in [0.29, 0.717) is 12.2 Å². The van der Waals surface area contributed by atoms with Crippen LogP contribution in [0, 0.1) is 6.92 Å². The molecule has 1 aliphatic heterocycles. The highest BCUT2D eigenvalue weighted by Gasteiger charge is 2.27. The van der Waals surface area contributed by atoms with E-state index in [1.54, 1.807) is 48.5 Å². The van der Waals surface area contributed by atoms with Gasteiger partial charge in [0, 0.05) is 13.1 Å². The van der Waals surface area contributed by atoms with Crippen LogP contribution in [0.25, 0.3) is 0 Å². The number of anilines is 1. The molecule has 7 heteroatoms.